The fourth-order valence-corrected chi connectivity index (χ4v) is 2.86. The molecule has 0 aromatic carbocycles. The van der Waals surface area contributed by atoms with Crippen molar-refractivity contribution in [2.24, 2.45) is 0 Å². The number of pyridine rings is 1. The monoisotopic (exact) mass is 410 g/mol. The third-order valence-electron chi connectivity index (χ3n) is 2.66. The molecule has 2 aromatic rings. The quantitative estimate of drug-likeness (QED) is 0.806. The summed E-state index contributed by atoms with van der Waals surface area (Å²) in [6, 6.07) is 2.17. The molecule has 0 bridgehead atoms. The first-order valence-corrected chi connectivity index (χ1v) is 9.68. The number of hydrogen-bond donors (Lipinski definition) is 1. The Hall–Kier alpha value is -2.28. The van der Waals surface area contributed by atoms with Crippen LogP contribution in [0.1, 0.15) is 29.2 Å². The van der Waals surface area contributed by atoms with Gasteiger partial charge in [0.2, 0.25) is 16.0 Å². The Morgan fingerprint density at radius 3 is 2.42 bits per heavy atom. The SMILES string of the molecule is CC(C)Oc1cc(C(=O)Nc2nnc(C(F)(F)F)s2)cc(S(C)(=O)=O)n1. The number of rotatable bonds is 5. The molecule has 0 aliphatic carbocycles. The topological polar surface area (TPSA) is 111 Å². The van der Waals surface area contributed by atoms with Crippen molar-refractivity contribution in [1.82, 2.24) is 15.2 Å². The maximum atomic E-state index is 12.5. The third kappa shape index (κ3) is 5.11. The Labute approximate surface area is 150 Å². The molecule has 0 aliphatic heterocycles. The molecule has 2 rings (SSSR count). The van der Waals surface area contributed by atoms with Crippen molar-refractivity contribution in [3.05, 3.63) is 22.7 Å². The average molecular weight is 410 g/mol. The highest BCUT2D eigenvalue weighted by atomic mass is 32.2. The Kier molecular flexibility index (Phi) is 5.51. The second-order valence-electron chi connectivity index (χ2n) is 5.34. The molecular formula is C13H13F3N4O4S2. The number of nitrogens with zero attached hydrogens (tertiary/aromatic N) is 3. The van der Waals surface area contributed by atoms with Crippen LogP contribution in [-0.4, -0.2) is 41.9 Å². The number of ether oxygens (including phenoxy) is 1. The molecule has 0 saturated carbocycles. The largest absolute Gasteiger partial charge is 0.475 e. The number of hydrogen-bond acceptors (Lipinski definition) is 8. The summed E-state index contributed by atoms with van der Waals surface area (Å²) < 4.78 is 66.3. The lowest BCUT2D eigenvalue weighted by atomic mass is 10.2. The summed E-state index contributed by atoms with van der Waals surface area (Å²) in [4.78, 5) is 16.1. The number of carbonyl (C=O) groups excluding carboxylic acids is 1. The molecule has 0 atom stereocenters. The predicted molar refractivity (Wildman–Crippen MR) is 86.0 cm³/mol. The third-order valence-corrected chi connectivity index (χ3v) is 4.52. The van der Waals surface area contributed by atoms with Gasteiger partial charge in [-0.3, -0.25) is 10.1 Å². The number of anilines is 1. The first kappa shape index (κ1) is 20.0. The van der Waals surface area contributed by atoms with E-state index in [0.29, 0.717) is 0 Å². The van der Waals surface area contributed by atoms with E-state index >= 15 is 0 Å². The van der Waals surface area contributed by atoms with Crippen molar-refractivity contribution in [2.75, 3.05) is 11.6 Å². The molecule has 0 radical (unpaired) electrons. The minimum absolute atomic E-state index is 0.110. The van der Waals surface area contributed by atoms with Crippen LogP contribution in [0.3, 0.4) is 0 Å². The van der Waals surface area contributed by atoms with Crippen molar-refractivity contribution < 1.29 is 31.1 Å². The van der Waals surface area contributed by atoms with Crippen molar-refractivity contribution in [2.45, 2.75) is 31.2 Å². The molecule has 13 heteroatoms. The van der Waals surface area contributed by atoms with Gasteiger partial charge in [-0.05, 0) is 19.9 Å². The Bertz CT molecular complexity index is 926. The summed E-state index contributed by atoms with van der Waals surface area (Å²) in [5.74, 6) is -0.989. The van der Waals surface area contributed by atoms with E-state index in [-0.39, 0.29) is 34.0 Å². The van der Waals surface area contributed by atoms with Crippen LogP contribution < -0.4 is 10.1 Å². The predicted octanol–water partition coefficient (Wildman–Crippen LogP) is 2.39. The Balaban J connectivity index is 2.34. The average Bonchev–Trinajstić information content (AvgIpc) is 2.94. The van der Waals surface area contributed by atoms with E-state index in [1.54, 1.807) is 13.8 Å². The second kappa shape index (κ2) is 7.15. The summed E-state index contributed by atoms with van der Waals surface area (Å²) in [5.41, 5.74) is -0.167. The molecule has 26 heavy (non-hydrogen) atoms. The van der Waals surface area contributed by atoms with Crippen LogP contribution in [0.4, 0.5) is 18.3 Å². The van der Waals surface area contributed by atoms with Gasteiger partial charge in [0.25, 0.3) is 5.91 Å². The number of nitrogens with one attached hydrogen (secondary N) is 1. The summed E-state index contributed by atoms with van der Waals surface area (Å²) in [6.07, 6.45) is -4.12. The van der Waals surface area contributed by atoms with E-state index in [0.717, 1.165) is 12.3 Å². The van der Waals surface area contributed by atoms with Gasteiger partial charge in [-0.15, -0.1) is 10.2 Å². The lowest BCUT2D eigenvalue weighted by Gasteiger charge is -2.11. The van der Waals surface area contributed by atoms with Crippen molar-refractivity contribution in [3.8, 4) is 5.88 Å². The Morgan fingerprint density at radius 1 is 1.27 bits per heavy atom. The number of sulfone groups is 1. The molecule has 0 aliphatic rings. The number of aromatic nitrogens is 3. The zero-order chi connectivity index (χ0) is 19.7. The summed E-state index contributed by atoms with van der Waals surface area (Å²) in [5, 5.41) is 6.31. The standard InChI is InChI=1S/C13H13F3N4O4S2/c1-6(2)24-8-4-7(5-9(17-8)26(3,22)23)10(21)18-12-20-19-11(25-12)13(14,15)16/h4-6H,1-3H3,(H,18,20,21). The fourth-order valence-electron chi connectivity index (χ4n) is 1.66. The molecule has 0 saturated heterocycles. The summed E-state index contributed by atoms with van der Waals surface area (Å²) >= 11 is 0.143. The smallest absolute Gasteiger partial charge is 0.445 e. The molecule has 0 fully saturated rings. The second-order valence-corrected chi connectivity index (χ2v) is 8.28. The minimum atomic E-state index is -4.68. The van der Waals surface area contributed by atoms with Gasteiger partial charge < -0.3 is 4.74 Å². The van der Waals surface area contributed by atoms with Gasteiger partial charge in [0.05, 0.1) is 6.10 Å². The highest BCUT2D eigenvalue weighted by molar-refractivity contribution is 7.90. The van der Waals surface area contributed by atoms with Gasteiger partial charge in [0.1, 0.15) is 0 Å². The lowest BCUT2D eigenvalue weighted by molar-refractivity contribution is -0.138. The van der Waals surface area contributed by atoms with Crippen LogP contribution >= 0.6 is 11.3 Å². The molecule has 142 valence electrons. The summed E-state index contributed by atoms with van der Waals surface area (Å²) in [6.45, 7) is 3.35. The zero-order valence-electron chi connectivity index (χ0n) is 13.7. The molecule has 1 N–H and O–H groups in total. The van der Waals surface area contributed by atoms with Gasteiger partial charge in [-0.1, -0.05) is 11.3 Å². The van der Waals surface area contributed by atoms with E-state index < -0.39 is 32.0 Å². The van der Waals surface area contributed by atoms with Crippen molar-refractivity contribution in [3.63, 3.8) is 0 Å². The van der Waals surface area contributed by atoms with Crippen LogP contribution in [0, 0.1) is 0 Å². The van der Waals surface area contributed by atoms with Crippen LogP contribution in [0.15, 0.2) is 17.2 Å². The lowest BCUT2D eigenvalue weighted by Crippen LogP contribution is -2.15. The zero-order valence-corrected chi connectivity index (χ0v) is 15.3. The molecule has 0 unspecified atom stereocenters. The first-order chi connectivity index (χ1) is 11.9. The molecule has 0 spiro atoms. The van der Waals surface area contributed by atoms with Gasteiger partial charge in [-0.2, -0.15) is 13.2 Å². The van der Waals surface area contributed by atoms with E-state index in [4.69, 9.17) is 4.74 Å². The molecular weight excluding hydrogens is 397 g/mol. The van der Waals surface area contributed by atoms with Crippen molar-refractivity contribution >= 4 is 32.2 Å². The van der Waals surface area contributed by atoms with Gasteiger partial charge in [0, 0.05) is 17.9 Å². The maximum absolute atomic E-state index is 12.5. The fraction of sp³-hybridized carbons (Fsp3) is 0.385. The van der Waals surface area contributed by atoms with Gasteiger partial charge in [0.15, 0.2) is 14.9 Å². The van der Waals surface area contributed by atoms with Crippen LogP contribution in [0.5, 0.6) is 5.88 Å². The molecule has 8 nitrogen and oxygen atoms in total. The Morgan fingerprint density at radius 2 is 1.92 bits per heavy atom. The van der Waals surface area contributed by atoms with E-state index in [9.17, 15) is 26.4 Å². The number of halogens is 3. The van der Waals surface area contributed by atoms with Crippen molar-refractivity contribution in [1.29, 1.82) is 0 Å². The number of amides is 1. The van der Waals surface area contributed by atoms with E-state index in [1.165, 1.54) is 6.07 Å². The van der Waals surface area contributed by atoms with Crippen LogP contribution in [-0.2, 0) is 16.0 Å². The van der Waals surface area contributed by atoms with E-state index in [2.05, 4.69) is 20.5 Å². The first-order valence-electron chi connectivity index (χ1n) is 6.97. The normalized spacial score (nSPS) is 12.3. The van der Waals surface area contributed by atoms with Gasteiger partial charge >= 0.3 is 6.18 Å². The highest BCUT2D eigenvalue weighted by Gasteiger charge is 2.35. The van der Waals surface area contributed by atoms with E-state index in [1.807, 2.05) is 0 Å². The number of carbonyl (C=O) groups is 1. The maximum Gasteiger partial charge on any atom is 0.445 e. The van der Waals surface area contributed by atoms with Crippen LogP contribution in [0.2, 0.25) is 0 Å². The van der Waals surface area contributed by atoms with Gasteiger partial charge in [-0.25, -0.2) is 13.4 Å². The molecule has 1 amide bonds. The highest BCUT2D eigenvalue weighted by Crippen LogP contribution is 2.33. The minimum Gasteiger partial charge on any atom is -0.475 e. The summed E-state index contributed by atoms with van der Waals surface area (Å²) in [7, 11) is -3.75. The molecule has 2 aromatic heterocycles. The van der Waals surface area contributed by atoms with Crippen LogP contribution in [0.25, 0.3) is 0 Å². The number of alkyl halides is 3. The molecule has 2 heterocycles.